The van der Waals surface area contributed by atoms with Gasteiger partial charge in [-0.15, -0.1) is 0 Å². The highest BCUT2D eigenvalue weighted by molar-refractivity contribution is 5.74. The Labute approximate surface area is 186 Å². The topological polar surface area (TPSA) is 44.8 Å². The fourth-order valence-corrected chi connectivity index (χ4v) is 3.89. The number of rotatable bonds is 12. The van der Waals surface area contributed by atoms with Gasteiger partial charge < -0.3 is 14.2 Å². The summed E-state index contributed by atoms with van der Waals surface area (Å²) in [6.45, 7) is 5.21. The van der Waals surface area contributed by atoms with Gasteiger partial charge in [-0.2, -0.15) is 0 Å². The van der Waals surface area contributed by atoms with Crippen molar-refractivity contribution in [1.82, 2.24) is 0 Å². The molecule has 0 N–H and O–H groups in total. The van der Waals surface area contributed by atoms with Crippen molar-refractivity contribution >= 4 is 5.97 Å². The van der Waals surface area contributed by atoms with Crippen LogP contribution >= 0.6 is 0 Å². The third kappa shape index (κ3) is 7.30. The summed E-state index contributed by atoms with van der Waals surface area (Å²) >= 11 is 0. The van der Waals surface area contributed by atoms with Gasteiger partial charge in [0.1, 0.15) is 18.1 Å². The van der Waals surface area contributed by atoms with Crippen LogP contribution in [0.15, 0.2) is 48.5 Å². The highest BCUT2D eigenvalue weighted by Crippen LogP contribution is 2.34. The molecule has 31 heavy (non-hydrogen) atoms. The molecule has 1 heterocycles. The highest BCUT2D eigenvalue weighted by atomic mass is 16.5. The predicted molar refractivity (Wildman–Crippen MR) is 125 cm³/mol. The van der Waals surface area contributed by atoms with E-state index in [-0.39, 0.29) is 18.0 Å². The van der Waals surface area contributed by atoms with Crippen LogP contribution in [0, 0.1) is 5.92 Å². The molecule has 168 valence electrons. The Hall–Kier alpha value is -2.49. The van der Waals surface area contributed by atoms with Crippen molar-refractivity contribution in [3.05, 3.63) is 48.5 Å². The van der Waals surface area contributed by atoms with Crippen molar-refractivity contribution in [3.8, 4) is 22.6 Å². The first-order valence-corrected chi connectivity index (χ1v) is 11.8. The van der Waals surface area contributed by atoms with Crippen LogP contribution in [0.4, 0.5) is 0 Å². The quantitative estimate of drug-likeness (QED) is 0.277. The molecule has 4 nitrogen and oxygen atoms in total. The van der Waals surface area contributed by atoms with E-state index in [0.29, 0.717) is 13.2 Å². The van der Waals surface area contributed by atoms with E-state index in [1.165, 1.54) is 32.1 Å². The zero-order chi connectivity index (χ0) is 21.9. The fourth-order valence-electron chi connectivity index (χ4n) is 3.89. The van der Waals surface area contributed by atoms with Crippen LogP contribution in [0.3, 0.4) is 0 Å². The van der Waals surface area contributed by atoms with Gasteiger partial charge in [0.25, 0.3) is 0 Å². The molecule has 0 radical (unpaired) electrons. The molecule has 3 rings (SSSR count). The van der Waals surface area contributed by atoms with Gasteiger partial charge in [-0.3, -0.25) is 4.79 Å². The molecule has 4 heteroatoms. The molecule has 0 aliphatic carbocycles. The third-order valence-electron chi connectivity index (χ3n) is 5.82. The largest absolute Gasteiger partial charge is 0.493 e. The van der Waals surface area contributed by atoms with E-state index < -0.39 is 0 Å². The maximum Gasteiger partial charge on any atom is 0.312 e. The van der Waals surface area contributed by atoms with Crippen molar-refractivity contribution in [3.63, 3.8) is 0 Å². The Kier molecular flexibility index (Phi) is 9.26. The number of hydrogen-bond acceptors (Lipinski definition) is 4. The smallest absolute Gasteiger partial charge is 0.312 e. The SMILES string of the molecule is CCCCCCCCOc1ccc(-c2ccccc2)c(OCC2CC[C@@H](C)OC2=O)c1. The van der Waals surface area contributed by atoms with Crippen LogP contribution in [-0.2, 0) is 9.53 Å². The molecule has 1 fully saturated rings. The van der Waals surface area contributed by atoms with Gasteiger partial charge in [0.05, 0.1) is 18.6 Å². The number of cyclic esters (lactones) is 1. The lowest BCUT2D eigenvalue weighted by molar-refractivity contribution is -0.160. The minimum atomic E-state index is -0.215. The summed E-state index contributed by atoms with van der Waals surface area (Å²) in [5, 5.41) is 0. The summed E-state index contributed by atoms with van der Waals surface area (Å²) < 4.78 is 17.6. The molecule has 2 aromatic rings. The Morgan fingerprint density at radius 1 is 0.935 bits per heavy atom. The van der Waals surface area contributed by atoms with E-state index in [2.05, 4.69) is 19.1 Å². The molecule has 1 saturated heterocycles. The van der Waals surface area contributed by atoms with E-state index in [1.54, 1.807) is 0 Å². The van der Waals surface area contributed by atoms with E-state index >= 15 is 0 Å². The molecule has 1 unspecified atom stereocenters. The number of unbranched alkanes of at least 4 members (excludes halogenated alkanes) is 5. The maximum atomic E-state index is 12.2. The summed E-state index contributed by atoms with van der Waals surface area (Å²) in [6, 6.07) is 16.2. The zero-order valence-electron chi connectivity index (χ0n) is 19.0. The van der Waals surface area contributed by atoms with Crippen LogP contribution in [0.1, 0.15) is 65.2 Å². The van der Waals surface area contributed by atoms with Crippen molar-refractivity contribution < 1.29 is 19.0 Å². The Bertz CT molecular complexity index is 802. The molecule has 2 aromatic carbocycles. The maximum absolute atomic E-state index is 12.2. The lowest BCUT2D eigenvalue weighted by Gasteiger charge is -2.26. The second-order valence-electron chi connectivity index (χ2n) is 8.47. The molecule has 0 aromatic heterocycles. The Morgan fingerprint density at radius 2 is 1.71 bits per heavy atom. The predicted octanol–water partition coefficient (Wildman–Crippen LogP) is 6.81. The van der Waals surface area contributed by atoms with E-state index in [0.717, 1.165) is 41.9 Å². The Morgan fingerprint density at radius 3 is 2.48 bits per heavy atom. The number of esters is 1. The van der Waals surface area contributed by atoms with Gasteiger partial charge in [0, 0.05) is 11.6 Å². The van der Waals surface area contributed by atoms with E-state index in [1.807, 2.05) is 43.3 Å². The van der Waals surface area contributed by atoms with Gasteiger partial charge in [0.15, 0.2) is 0 Å². The summed E-state index contributed by atoms with van der Waals surface area (Å²) in [7, 11) is 0. The minimum absolute atomic E-state index is 0.00216. The molecular formula is C27H36O4. The zero-order valence-corrected chi connectivity index (χ0v) is 19.0. The average molecular weight is 425 g/mol. The van der Waals surface area contributed by atoms with Gasteiger partial charge in [0.2, 0.25) is 0 Å². The first-order valence-electron chi connectivity index (χ1n) is 11.8. The molecule has 0 saturated carbocycles. The second kappa shape index (κ2) is 12.4. The summed E-state index contributed by atoms with van der Waals surface area (Å²) in [5.41, 5.74) is 2.09. The van der Waals surface area contributed by atoms with E-state index in [4.69, 9.17) is 14.2 Å². The van der Waals surface area contributed by atoms with Crippen LogP contribution < -0.4 is 9.47 Å². The van der Waals surface area contributed by atoms with Gasteiger partial charge >= 0.3 is 5.97 Å². The monoisotopic (exact) mass is 424 g/mol. The highest BCUT2D eigenvalue weighted by Gasteiger charge is 2.28. The molecular weight excluding hydrogens is 388 g/mol. The van der Waals surface area contributed by atoms with Crippen molar-refractivity contribution in [2.75, 3.05) is 13.2 Å². The van der Waals surface area contributed by atoms with Crippen molar-refractivity contribution in [2.45, 2.75) is 71.3 Å². The summed E-state index contributed by atoms with van der Waals surface area (Å²) in [5.74, 6) is 1.18. The van der Waals surface area contributed by atoms with Crippen LogP contribution in [-0.4, -0.2) is 25.3 Å². The van der Waals surface area contributed by atoms with Crippen LogP contribution in [0.5, 0.6) is 11.5 Å². The van der Waals surface area contributed by atoms with Crippen LogP contribution in [0.2, 0.25) is 0 Å². The average Bonchev–Trinajstić information content (AvgIpc) is 2.78. The number of hydrogen-bond donors (Lipinski definition) is 0. The van der Waals surface area contributed by atoms with Gasteiger partial charge in [-0.25, -0.2) is 0 Å². The number of benzene rings is 2. The standard InChI is InChI=1S/C27H36O4/c1-3-4-5-6-7-11-18-29-24-16-17-25(22-12-9-8-10-13-22)26(19-24)30-20-23-15-14-21(2)31-27(23)28/h8-10,12-13,16-17,19,21,23H,3-7,11,14-15,18,20H2,1-2H3/t21-,23?/m1/s1. The summed E-state index contributed by atoms with van der Waals surface area (Å²) in [4.78, 5) is 12.2. The third-order valence-corrected chi connectivity index (χ3v) is 5.82. The minimum Gasteiger partial charge on any atom is -0.493 e. The molecule has 0 bridgehead atoms. The van der Waals surface area contributed by atoms with Crippen molar-refractivity contribution in [2.24, 2.45) is 5.92 Å². The number of ether oxygens (including phenoxy) is 3. The Balaban J connectivity index is 1.62. The second-order valence-corrected chi connectivity index (χ2v) is 8.47. The fraction of sp³-hybridized carbons (Fsp3) is 0.519. The molecule has 0 amide bonds. The first kappa shape index (κ1) is 23.2. The van der Waals surface area contributed by atoms with Crippen molar-refractivity contribution in [1.29, 1.82) is 0 Å². The van der Waals surface area contributed by atoms with Gasteiger partial charge in [-0.05, 0) is 43.9 Å². The lowest BCUT2D eigenvalue weighted by Crippen LogP contribution is -2.32. The van der Waals surface area contributed by atoms with Crippen LogP contribution in [0.25, 0.3) is 11.1 Å². The van der Waals surface area contributed by atoms with E-state index in [9.17, 15) is 4.79 Å². The molecule has 1 aliphatic rings. The molecule has 2 atom stereocenters. The van der Waals surface area contributed by atoms with Gasteiger partial charge in [-0.1, -0.05) is 69.4 Å². The summed E-state index contributed by atoms with van der Waals surface area (Å²) in [6.07, 6.45) is 9.11. The number of carbonyl (C=O) groups excluding carboxylic acids is 1. The first-order chi connectivity index (χ1) is 15.2. The number of carbonyl (C=O) groups is 1. The lowest BCUT2D eigenvalue weighted by atomic mass is 9.99. The molecule has 1 aliphatic heterocycles. The normalized spacial score (nSPS) is 18.5. The molecule has 0 spiro atoms.